The fourth-order valence-electron chi connectivity index (χ4n) is 6.04. The van der Waals surface area contributed by atoms with Crippen LogP contribution in [0.1, 0.15) is 63.6 Å². The molecule has 0 unspecified atom stereocenters. The molecule has 4 rings (SSSR count). The summed E-state index contributed by atoms with van der Waals surface area (Å²) in [5.41, 5.74) is 15.3. The lowest BCUT2D eigenvalue weighted by molar-refractivity contribution is -0.0593. The van der Waals surface area contributed by atoms with Gasteiger partial charge in [0.1, 0.15) is 5.82 Å². The summed E-state index contributed by atoms with van der Waals surface area (Å²) in [4.78, 5) is 7.36. The van der Waals surface area contributed by atoms with Crippen LogP contribution in [0.3, 0.4) is 0 Å². The molecule has 0 bridgehead atoms. The Morgan fingerprint density at radius 2 is 1.81 bits per heavy atom. The van der Waals surface area contributed by atoms with Gasteiger partial charge in [-0.25, -0.2) is 4.98 Å². The molecule has 1 aliphatic heterocycles. The van der Waals surface area contributed by atoms with Gasteiger partial charge in [0.15, 0.2) is 0 Å². The van der Waals surface area contributed by atoms with Crippen molar-refractivity contribution in [3.05, 3.63) is 23.4 Å². The third-order valence-corrected chi connectivity index (χ3v) is 7.71. The highest BCUT2D eigenvalue weighted by atomic mass is 16.5. The van der Waals surface area contributed by atoms with Gasteiger partial charge in [-0.15, -0.1) is 0 Å². The predicted molar refractivity (Wildman–Crippen MR) is 110 cm³/mol. The molecule has 150 valence electrons. The zero-order valence-corrected chi connectivity index (χ0v) is 17.4. The van der Waals surface area contributed by atoms with Crippen LogP contribution in [0.2, 0.25) is 0 Å². The van der Waals surface area contributed by atoms with E-state index in [0.717, 1.165) is 63.1 Å². The van der Waals surface area contributed by atoms with Crippen LogP contribution in [0.25, 0.3) is 0 Å². The maximum absolute atomic E-state index is 6.76. The lowest BCUT2D eigenvalue weighted by atomic mass is 9.46. The fraction of sp³-hybridized carbons (Fsp3) is 0.773. The van der Waals surface area contributed by atoms with Crippen molar-refractivity contribution in [2.24, 2.45) is 22.8 Å². The minimum atomic E-state index is -0.203. The van der Waals surface area contributed by atoms with Crippen molar-refractivity contribution in [1.82, 2.24) is 4.98 Å². The highest BCUT2D eigenvalue weighted by Crippen LogP contribution is 2.62. The Morgan fingerprint density at radius 3 is 2.33 bits per heavy atom. The van der Waals surface area contributed by atoms with E-state index in [2.05, 4.69) is 37.8 Å². The second-order valence-corrected chi connectivity index (χ2v) is 10.0. The third kappa shape index (κ3) is 3.28. The zero-order valence-electron chi connectivity index (χ0n) is 17.4. The average Bonchev–Trinajstić information content (AvgIpc) is 2.59. The highest BCUT2D eigenvalue weighted by Gasteiger charge is 2.58. The van der Waals surface area contributed by atoms with Gasteiger partial charge in [-0.2, -0.15) is 0 Å². The number of nitrogens with zero attached hydrogens (tertiary/aromatic N) is 2. The van der Waals surface area contributed by atoms with Crippen LogP contribution in [0.15, 0.2) is 12.1 Å². The summed E-state index contributed by atoms with van der Waals surface area (Å²) in [5.74, 6) is 1.69. The van der Waals surface area contributed by atoms with Crippen molar-refractivity contribution >= 4 is 5.82 Å². The number of aromatic nitrogens is 1. The minimum Gasteiger partial charge on any atom is -0.379 e. The predicted octanol–water partition coefficient (Wildman–Crippen LogP) is 3.09. The summed E-state index contributed by atoms with van der Waals surface area (Å²) in [6.45, 7) is 8.60. The minimum absolute atomic E-state index is 0.0462. The van der Waals surface area contributed by atoms with Crippen molar-refractivity contribution in [2.75, 3.05) is 25.1 Å². The van der Waals surface area contributed by atoms with E-state index in [1.165, 1.54) is 5.56 Å². The number of hydrogen-bond donors (Lipinski definition) is 2. The first-order valence-corrected chi connectivity index (χ1v) is 10.5. The van der Waals surface area contributed by atoms with Crippen LogP contribution in [0.5, 0.6) is 0 Å². The maximum Gasteiger partial charge on any atom is 0.128 e. The number of hydrogen-bond acceptors (Lipinski definition) is 5. The van der Waals surface area contributed by atoms with E-state index in [0.29, 0.717) is 17.4 Å². The molecule has 3 aliphatic rings. The van der Waals surface area contributed by atoms with Gasteiger partial charge in [0.05, 0.1) is 5.60 Å². The third-order valence-electron chi connectivity index (χ3n) is 7.71. The molecule has 2 saturated carbocycles. The summed E-state index contributed by atoms with van der Waals surface area (Å²) in [6, 6.07) is 4.80. The normalized spacial score (nSPS) is 34.4. The molecule has 0 atom stereocenters. The van der Waals surface area contributed by atoms with Gasteiger partial charge in [0, 0.05) is 37.5 Å². The number of ether oxygens (including phenoxy) is 1. The molecular formula is C22H36N4O. The van der Waals surface area contributed by atoms with E-state index in [4.69, 9.17) is 21.2 Å². The second-order valence-electron chi connectivity index (χ2n) is 10.0. The van der Waals surface area contributed by atoms with Gasteiger partial charge < -0.3 is 21.1 Å². The Morgan fingerprint density at radius 1 is 1.19 bits per heavy atom. The van der Waals surface area contributed by atoms with E-state index >= 15 is 0 Å². The number of methoxy groups -OCH3 is 1. The average molecular weight is 373 g/mol. The highest BCUT2D eigenvalue weighted by molar-refractivity contribution is 5.45. The van der Waals surface area contributed by atoms with Crippen LogP contribution in [-0.2, 0) is 10.3 Å². The van der Waals surface area contributed by atoms with Crippen LogP contribution >= 0.6 is 0 Å². The van der Waals surface area contributed by atoms with Gasteiger partial charge in [0.2, 0.25) is 0 Å². The van der Waals surface area contributed by atoms with Crippen molar-refractivity contribution in [2.45, 2.75) is 76.5 Å². The van der Waals surface area contributed by atoms with Crippen molar-refractivity contribution in [3.8, 4) is 0 Å². The molecule has 5 nitrogen and oxygen atoms in total. The maximum atomic E-state index is 6.76. The van der Waals surface area contributed by atoms with Gasteiger partial charge in [-0.05, 0) is 82.3 Å². The summed E-state index contributed by atoms with van der Waals surface area (Å²) >= 11 is 0. The van der Waals surface area contributed by atoms with Gasteiger partial charge in [0.25, 0.3) is 0 Å². The van der Waals surface area contributed by atoms with Crippen LogP contribution in [0, 0.1) is 18.3 Å². The number of rotatable bonds is 4. The molecule has 5 heteroatoms. The molecule has 1 aromatic heterocycles. The number of pyridine rings is 1. The number of nitrogens with two attached hydrogens (primary N) is 2. The fourth-order valence-corrected chi connectivity index (χ4v) is 6.04. The van der Waals surface area contributed by atoms with Crippen molar-refractivity contribution in [3.63, 3.8) is 0 Å². The van der Waals surface area contributed by atoms with E-state index < -0.39 is 0 Å². The van der Waals surface area contributed by atoms with E-state index in [1.807, 2.05) is 7.11 Å². The molecule has 3 fully saturated rings. The van der Waals surface area contributed by atoms with E-state index in [9.17, 15) is 0 Å². The summed E-state index contributed by atoms with van der Waals surface area (Å²) in [7, 11) is 1.82. The summed E-state index contributed by atoms with van der Waals surface area (Å²) in [6.07, 6.45) is 6.70. The topological polar surface area (TPSA) is 77.4 Å². The Bertz CT molecular complexity index is 694. The first-order chi connectivity index (χ1) is 12.7. The molecule has 1 saturated heterocycles. The Hall–Kier alpha value is -1.17. The van der Waals surface area contributed by atoms with Crippen LogP contribution < -0.4 is 16.4 Å². The van der Waals surface area contributed by atoms with Crippen molar-refractivity contribution < 1.29 is 4.74 Å². The van der Waals surface area contributed by atoms with Crippen LogP contribution in [0.4, 0.5) is 5.82 Å². The van der Waals surface area contributed by atoms with E-state index in [-0.39, 0.29) is 11.1 Å². The zero-order chi connectivity index (χ0) is 19.4. The molecule has 1 aromatic rings. The number of piperidine rings is 1. The Balaban J connectivity index is 1.41. The molecule has 0 aromatic carbocycles. The summed E-state index contributed by atoms with van der Waals surface area (Å²) in [5, 5.41) is 0. The monoisotopic (exact) mass is 372 g/mol. The molecule has 1 spiro atoms. The van der Waals surface area contributed by atoms with Gasteiger partial charge in [-0.3, -0.25) is 0 Å². The molecule has 4 N–H and O–H groups in total. The molecule has 2 heterocycles. The largest absolute Gasteiger partial charge is 0.379 e. The standard InChI is InChI=1S/C22H36N4O/c1-15-18(22(24)13-21(14-22)11-17(23)12-21)5-6-19(25-15)26-9-7-16(8-10-26)20(2,3)27-4/h5-6,16-17H,7-14,23-24H2,1-4H3. The molecule has 0 radical (unpaired) electrons. The lowest BCUT2D eigenvalue weighted by Crippen LogP contribution is -2.63. The van der Waals surface area contributed by atoms with Crippen LogP contribution in [-0.4, -0.2) is 36.8 Å². The van der Waals surface area contributed by atoms with Gasteiger partial charge >= 0.3 is 0 Å². The number of anilines is 1. The number of aryl methyl sites for hydroxylation is 1. The Kier molecular flexibility index (Phi) is 4.56. The van der Waals surface area contributed by atoms with E-state index in [1.54, 1.807) is 0 Å². The molecule has 0 amide bonds. The quantitative estimate of drug-likeness (QED) is 0.849. The van der Waals surface area contributed by atoms with Gasteiger partial charge in [-0.1, -0.05) is 6.07 Å². The lowest BCUT2D eigenvalue weighted by Gasteiger charge is -2.62. The second kappa shape index (κ2) is 6.43. The van der Waals surface area contributed by atoms with Crippen molar-refractivity contribution in [1.29, 1.82) is 0 Å². The molecular weight excluding hydrogens is 336 g/mol. The first-order valence-electron chi connectivity index (χ1n) is 10.5. The molecule has 2 aliphatic carbocycles. The smallest absolute Gasteiger partial charge is 0.128 e. The first kappa shape index (κ1) is 19.2. The SMILES string of the molecule is COC(C)(C)C1CCN(c2ccc(C3(N)CC4(CC(N)C4)C3)c(C)n2)CC1. The molecule has 27 heavy (non-hydrogen) atoms. The Labute approximate surface area is 163 Å². The summed E-state index contributed by atoms with van der Waals surface area (Å²) < 4.78 is 5.69.